The van der Waals surface area contributed by atoms with Crippen molar-refractivity contribution in [2.75, 3.05) is 13.7 Å². The molecule has 1 atom stereocenters. The fourth-order valence-electron chi connectivity index (χ4n) is 4.15. The highest BCUT2D eigenvalue weighted by Gasteiger charge is 2.34. The maximum absolute atomic E-state index is 13.8. The average Bonchev–Trinajstić information content (AvgIpc) is 3.18. The third kappa shape index (κ3) is 5.83. The standard InChI is InChI=1S/C28H26N2O8S/c1-6-36-27(34)24-15(2)29-28-30(25(24)19-9-12-21(38-17(4)32)22(14-19)35-5)26(33)23(39-28)13-18-7-10-20(11-8-18)37-16(3)31/h7-14,25H,6H2,1-5H3/b23-13+/t25-/m1/s1. The molecule has 0 aliphatic carbocycles. The number of carbonyl (C=O) groups is 3. The molecule has 3 aromatic rings. The second-order valence-electron chi connectivity index (χ2n) is 8.47. The molecule has 2 aromatic carbocycles. The highest BCUT2D eigenvalue weighted by atomic mass is 32.1. The minimum absolute atomic E-state index is 0.144. The zero-order valence-electron chi connectivity index (χ0n) is 22.0. The Kier molecular flexibility index (Phi) is 8.10. The zero-order valence-corrected chi connectivity index (χ0v) is 22.8. The predicted molar refractivity (Wildman–Crippen MR) is 142 cm³/mol. The molecule has 202 valence electrons. The van der Waals surface area contributed by atoms with Gasteiger partial charge in [-0.15, -0.1) is 0 Å². The van der Waals surface area contributed by atoms with Crippen LogP contribution in [0.5, 0.6) is 17.2 Å². The summed E-state index contributed by atoms with van der Waals surface area (Å²) >= 11 is 1.18. The SMILES string of the molecule is CCOC(=O)C1=C(C)N=c2s/c(=C/c3ccc(OC(C)=O)cc3)c(=O)n2[C@@H]1c1ccc(OC(C)=O)c(OC)c1. The van der Waals surface area contributed by atoms with Crippen LogP contribution in [0.25, 0.3) is 6.08 Å². The van der Waals surface area contributed by atoms with Gasteiger partial charge in [-0.25, -0.2) is 9.79 Å². The van der Waals surface area contributed by atoms with E-state index >= 15 is 0 Å². The Morgan fingerprint density at radius 3 is 2.33 bits per heavy atom. The molecule has 0 saturated heterocycles. The number of esters is 3. The molecule has 1 aliphatic heterocycles. The van der Waals surface area contributed by atoms with Gasteiger partial charge in [0.1, 0.15) is 5.75 Å². The smallest absolute Gasteiger partial charge is 0.338 e. The molecule has 0 radical (unpaired) electrons. The minimum atomic E-state index is -0.867. The summed E-state index contributed by atoms with van der Waals surface area (Å²) in [5, 5.41) is 0. The number of allylic oxidation sites excluding steroid dienone is 1. The summed E-state index contributed by atoms with van der Waals surface area (Å²) < 4.78 is 22.9. The lowest BCUT2D eigenvalue weighted by atomic mass is 9.95. The monoisotopic (exact) mass is 550 g/mol. The first kappa shape index (κ1) is 27.5. The Labute approximate surface area is 227 Å². The first-order valence-corrected chi connectivity index (χ1v) is 12.8. The van der Waals surface area contributed by atoms with Crippen LogP contribution in [0.15, 0.2) is 63.5 Å². The van der Waals surface area contributed by atoms with Gasteiger partial charge in [0.15, 0.2) is 16.3 Å². The van der Waals surface area contributed by atoms with Crippen molar-refractivity contribution in [1.82, 2.24) is 4.57 Å². The van der Waals surface area contributed by atoms with Gasteiger partial charge in [-0.2, -0.15) is 0 Å². The van der Waals surface area contributed by atoms with Crippen LogP contribution >= 0.6 is 11.3 Å². The van der Waals surface area contributed by atoms with Crippen molar-refractivity contribution in [3.63, 3.8) is 0 Å². The molecule has 0 unspecified atom stereocenters. The van der Waals surface area contributed by atoms with E-state index < -0.39 is 23.9 Å². The fraction of sp³-hybridized carbons (Fsp3) is 0.250. The van der Waals surface area contributed by atoms with E-state index in [-0.39, 0.29) is 29.2 Å². The lowest BCUT2D eigenvalue weighted by Crippen LogP contribution is -2.40. The largest absolute Gasteiger partial charge is 0.493 e. The normalized spacial score (nSPS) is 14.8. The molecule has 4 rings (SSSR count). The van der Waals surface area contributed by atoms with Crippen LogP contribution in [0.1, 0.15) is 44.9 Å². The number of methoxy groups -OCH3 is 1. The van der Waals surface area contributed by atoms with Crippen LogP contribution < -0.4 is 29.1 Å². The van der Waals surface area contributed by atoms with Crippen LogP contribution in [-0.4, -0.2) is 36.2 Å². The Bertz CT molecular complexity index is 1660. The first-order valence-electron chi connectivity index (χ1n) is 12.0. The Morgan fingerprint density at radius 2 is 1.72 bits per heavy atom. The molecule has 0 amide bonds. The Hall–Kier alpha value is -4.51. The van der Waals surface area contributed by atoms with E-state index in [1.165, 1.54) is 36.9 Å². The molecule has 0 bridgehead atoms. The number of hydrogen-bond acceptors (Lipinski definition) is 10. The molecule has 1 aliphatic rings. The summed E-state index contributed by atoms with van der Waals surface area (Å²) in [7, 11) is 1.43. The molecular formula is C28H26N2O8S. The number of fused-ring (bicyclic) bond motifs is 1. The van der Waals surface area contributed by atoms with Crippen molar-refractivity contribution in [3.8, 4) is 17.2 Å². The van der Waals surface area contributed by atoms with Gasteiger partial charge in [-0.1, -0.05) is 29.5 Å². The molecule has 0 spiro atoms. The number of benzene rings is 2. The highest BCUT2D eigenvalue weighted by Crippen LogP contribution is 2.36. The summed E-state index contributed by atoms with van der Waals surface area (Å²) in [6.45, 7) is 6.12. The molecule has 39 heavy (non-hydrogen) atoms. The average molecular weight is 551 g/mol. The number of hydrogen-bond donors (Lipinski definition) is 0. The van der Waals surface area contributed by atoms with Crippen LogP contribution in [0.2, 0.25) is 0 Å². The van der Waals surface area contributed by atoms with Crippen LogP contribution in [0, 0.1) is 0 Å². The quantitative estimate of drug-likeness (QED) is 0.325. The van der Waals surface area contributed by atoms with Gasteiger partial charge in [-0.3, -0.25) is 19.0 Å². The van der Waals surface area contributed by atoms with Gasteiger partial charge in [0.25, 0.3) is 5.56 Å². The van der Waals surface area contributed by atoms with E-state index in [0.717, 1.165) is 0 Å². The van der Waals surface area contributed by atoms with Crippen molar-refractivity contribution in [2.45, 2.75) is 33.7 Å². The van der Waals surface area contributed by atoms with Crippen molar-refractivity contribution in [2.24, 2.45) is 4.99 Å². The molecule has 0 saturated carbocycles. The maximum Gasteiger partial charge on any atom is 0.338 e. The number of aromatic nitrogens is 1. The molecule has 10 nitrogen and oxygen atoms in total. The lowest BCUT2D eigenvalue weighted by Gasteiger charge is -2.25. The van der Waals surface area contributed by atoms with Crippen molar-refractivity contribution in [3.05, 3.63) is 84.5 Å². The Balaban J connectivity index is 1.88. The Morgan fingerprint density at radius 1 is 1.03 bits per heavy atom. The predicted octanol–water partition coefficient (Wildman–Crippen LogP) is 2.66. The van der Waals surface area contributed by atoms with E-state index in [2.05, 4.69) is 4.99 Å². The van der Waals surface area contributed by atoms with Crippen molar-refractivity contribution >= 4 is 35.3 Å². The van der Waals surface area contributed by atoms with E-state index in [0.29, 0.717) is 31.9 Å². The lowest BCUT2D eigenvalue weighted by molar-refractivity contribution is -0.139. The van der Waals surface area contributed by atoms with E-state index in [9.17, 15) is 19.2 Å². The molecule has 2 heterocycles. The second-order valence-corrected chi connectivity index (χ2v) is 9.48. The van der Waals surface area contributed by atoms with Crippen LogP contribution in [0.4, 0.5) is 0 Å². The van der Waals surface area contributed by atoms with E-state index in [4.69, 9.17) is 18.9 Å². The van der Waals surface area contributed by atoms with Gasteiger partial charge in [0, 0.05) is 13.8 Å². The molecule has 0 N–H and O–H groups in total. The van der Waals surface area contributed by atoms with Crippen molar-refractivity contribution < 1.29 is 33.3 Å². The highest BCUT2D eigenvalue weighted by molar-refractivity contribution is 7.07. The molecule has 0 fully saturated rings. The third-order valence-electron chi connectivity index (χ3n) is 5.71. The number of rotatable bonds is 7. The summed E-state index contributed by atoms with van der Waals surface area (Å²) in [5.41, 5.74) is 1.52. The first-order chi connectivity index (χ1) is 18.6. The van der Waals surface area contributed by atoms with Gasteiger partial charge in [0.05, 0.1) is 35.6 Å². The van der Waals surface area contributed by atoms with E-state index in [1.54, 1.807) is 62.4 Å². The van der Waals surface area contributed by atoms with E-state index in [1.807, 2.05) is 0 Å². The number of ether oxygens (including phenoxy) is 4. The van der Waals surface area contributed by atoms with Crippen LogP contribution in [0.3, 0.4) is 0 Å². The summed E-state index contributed by atoms with van der Waals surface area (Å²) in [6, 6.07) is 10.7. The van der Waals surface area contributed by atoms with Gasteiger partial charge in [-0.05, 0) is 55.3 Å². The van der Waals surface area contributed by atoms with Crippen LogP contribution in [-0.2, 0) is 19.1 Å². The topological polar surface area (TPSA) is 122 Å². The van der Waals surface area contributed by atoms with Gasteiger partial charge >= 0.3 is 17.9 Å². The third-order valence-corrected chi connectivity index (χ3v) is 6.70. The number of nitrogens with zero attached hydrogens (tertiary/aromatic N) is 2. The summed E-state index contributed by atoms with van der Waals surface area (Å²) in [4.78, 5) is 54.5. The number of thiazole rings is 1. The second kappa shape index (κ2) is 11.5. The van der Waals surface area contributed by atoms with Gasteiger partial charge in [0.2, 0.25) is 0 Å². The van der Waals surface area contributed by atoms with Gasteiger partial charge < -0.3 is 18.9 Å². The maximum atomic E-state index is 13.8. The molecule has 1 aromatic heterocycles. The summed E-state index contributed by atoms with van der Waals surface area (Å²) in [5.74, 6) is -0.685. The fourth-order valence-corrected chi connectivity index (χ4v) is 5.20. The van der Waals surface area contributed by atoms with Crippen molar-refractivity contribution in [1.29, 1.82) is 0 Å². The number of carbonyl (C=O) groups excluding carboxylic acids is 3. The zero-order chi connectivity index (χ0) is 28.3. The molecule has 11 heteroatoms. The molecular weight excluding hydrogens is 524 g/mol. The minimum Gasteiger partial charge on any atom is -0.493 e. The summed E-state index contributed by atoms with van der Waals surface area (Å²) in [6.07, 6.45) is 1.70.